The number of methoxy groups -OCH3 is 1. The zero-order valence-corrected chi connectivity index (χ0v) is 17.2. The second-order valence-corrected chi connectivity index (χ2v) is 7.34. The first kappa shape index (κ1) is 20.5. The van der Waals surface area contributed by atoms with Crippen LogP contribution in [0, 0.1) is 5.92 Å². The summed E-state index contributed by atoms with van der Waals surface area (Å²) >= 11 is 6.06. The first-order valence-electron chi connectivity index (χ1n) is 8.98. The monoisotopic (exact) mass is 414 g/mol. The fraction of sp³-hybridized carbons (Fsp3) is 0.238. The quantitative estimate of drug-likeness (QED) is 0.698. The Balaban J connectivity index is 1.91. The van der Waals surface area contributed by atoms with Crippen molar-refractivity contribution in [2.75, 3.05) is 31.4 Å². The lowest BCUT2D eigenvalue weighted by molar-refractivity contribution is -0.119. The fourth-order valence-corrected chi connectivity index (χ4v) is 3.41. The zero-order chi connectivity index (χ0) is 21.1. The van der Waals surface area contributed by atoms with E-state index in [0.29, 0.717) is 22.2 Å². The van der Waals surface area contributed by atoms with E-state index in [-0.39, 0.29) is 5.91 Å². The molecule has 2 aromatic rings. The lowest BCUT2D eigenvalue weighted by Gasteiger charge is -2.34. The summed E-state index contributed by atoms with van der Waals surface area (Å²) in [4.78, 5) is 27.2. The molecular weight excluding hydrogens is 392 g/mol. The van der Waals surface area contributed by atoms with E-state index >= 15 is 0 Å². The van der Waals surface area contributed by atoms with Gasteiger partial charge in [-0.15, -0.1) is 0 Å². The Hall–Kier alpha value is -3.19. The summed E-state index contributed by atoms with van der Waals surface area (Å²) < 4.78 is 5.29. The van der Waals surface area contributed by atoms with Crippen LogP contribution in [0.5, 0.6) is 5.75 Å². The van der Waals surface area contributed by atoms with Crippen LogP contribution in [0.2, 0.25) is 5.02 Å². The predicted molar refractivity (Wildman–Crippen MR) is 114 cm³/mol. The highest BCUT2D eigenvalue weighted by atomic mass is 35.5. The van der Waals surface area contributed by atoms with Crippen molar-refractivity contribution in [3.05, 3.63) is 65.3 Å². The van der Waals surface area contributed by atoms with Crippen molar-refractivity contribution >= 4 is 34.9 Å². The number of carbonyl (C=O) groups excluding carboxylic acids is 2. The van der Waals surface area contributed by atoms with Gasteiger partial charge in [0.15, 0.2) is 0 Å². The van der Waals surface area contributed by atoms with E-state index in [1.165, 1.54) is 7.11 Å². The fourth-order valence-electron chi connectivity index (χ4n) is 3.24. The Morgan fingerprint density at radius 2 is 1.90 bits per heavy atom. The number of rotatable bonds is 5. The van der Waals surface area contributed by atoms with Crippen LogP contribution in [-0.2, 0) is 4.79 Å². The van der Waals surface area contributed by atoms with E-state index in [9.17, 15) is 9.59 Å². The van der Waals surface area contributed by atoms with E-state index < -0.39 is 18.0 Å². The highest BCUT2D eigenvalue weighted by Gasteiger charge is 2.38. The average molecular weight is 415 g/mol. The molecule has 2 aromatic carbocycles. The lowest BCUT2D eigenvalue weighted by atomic mass is 9.88. The third-order valence-electron chi connectivity index (χ3n) is 4.74. The number of nitrogens with zero attached hydrogens (tertiary/aromatic N) is 1. The first-order chi connectivity index (χ1) is 13.8. The SMILES string of the molecule is C=C1NC(=O)NC(c2ccc(N(C)C)cc2)C1C(=O)Nc1cc(Cl)ccc1OC. The molecule has 1 fully saturated rings. The molecule has 0 aromatic heterocycles. The van der Waals surface area contributed by atoms with Crippen LogP contribution in [-0.4, -0.2) is 33.1 Å². The molecule has 1 aliphatic rings. The van der Waals surface area contributed by atoms with Gasteiger partial charge in [-0.05, 0) is 35.9 Å². The van der Waals surface area contributed by atoms with E-state index in [4.69, 9.17) is 16.3 Å². The van der Waals surface area contributed by atoms with Crippen LogP contribution >= 0.6 is 11.6 Å². The Kier molecular flexibility index (Phi) is 5.98. The summed E-state index contributed by atoms with van der Waals surface area (Å²) in [5.74, 6) is -0.598. The third kappa shape index (κ3) is 4.46. The molecule has 7 nitrogen and oxygen atoms in total. The van der Waals surface area contributed by atoms with Crippen molar-refractivity contribution in [2.45, 2.75) is 6.04 Å². The number of benzene rings is 2. The number of amides is 3. The van der Waals surface area contributed by atoms with Gasteiger partial charge in [-0.3, -0.25) is 4.79 Å². The molecule has 2 unspecified atom stereocenters. The number of hydrogen-bond acceptors (Lipinski definition) is 4. The van der Waals surface area contributed by atoms with Crippen LogP contribution in [0.15, 0.2) is 54.7 Å². The van der Waals surface area contributed by atoms with Crippen LogP contribution in [0.25, 0.3) is 0 Å². The third-order valence-corrected chi connectivity index (χ3v) is 4.97. The number of urea groups is 1. The number of hydrogen-bond donors (Lipinski definition) is 3. The summed E-state index contributed by atoms with van der Waals surface area (Å²) in [7, 11) is 5.39. The maximum absolute atomic E-state index is 13.2. The van der Waals surface area contributed by atoms with Gasteiger partial charge in [-0.25, -0.2) is 4.79 Å². The number of nitrogens with one attached hydrogen (secondary N) is 3. The largest absolute Gasteiger partial charge is 0.495 e. The summed E-state index contributed by atoms with van der Waals surface area (Å²) in [6.45, 7) is 3.89. The standard InChI is InChI=1S/C21H23ClN4O3/c1-12-18(20(27)24-16-11-14(22)7-10-17(16)29-4)19(25-21(28)23-12)13-5-8-15(9-6-13)26(2)3/h5-11,18-19H,1H2,2-4H3,(H,24,27)(H2,23,25,28). The molecule has 8 heteroatoms. The van der Waals surface area contributed by atoms with Crippen LogP contribution < -0.4 is 25.6 Å². The number of anilines is 2. The highest BCUT2D eigenvalue weighted by Crippen LogP contribution is 2.33. The van der Waals surface area contributed by atoms with E-state index in [0.717, 1.165) is 11.3 Å². The molecule has 1 heterocycles. The minimum atomic E-state index is -0.735. The molecule has 1 saturated heterocycles. The normalized spacial score (nSPS) is 18.5. The van der Waals surface area contributed by atoms with Crippen LogP contribution in [0.3, 0.4) is 0 Å². The summed E-state index contributed by atoms with van der Waals surface area (Å²) in [5, 5.41) is 8.72. The molecule has 152 valence electrons. The molecule has 3 amide bonds. The smallest absolute Gasteiger partial charge is 0.319 e. The minimum Gasteiger partial charge on any atom is -0.495 e. The second kappa shape index (κ2) is 8.45. The maximum atomic E-state index is 13.2. The summed E-state index contributed by atoms with van der Waals surface area (Å²) in [6.07, 6.45) is 0. The number of halogens is 1. The van der Waals surface area contributed by atoms with Crippen molar-refractivity contribution in [3.8, 4) is 5.75 Å². The van der Waals surface area contributed by atoms with E-state index in [1.54, 1.807) is 18.2 Å². The molecule has 3 N–H and O–H groups in total. The highest BCUT2D eigenvalue weighted by molar-refractivity contribution is 6.31. The summed E-state index contributed by atoms with van der Waals surface area (Å²) in [5.41, 5.74) is 2.56. The van der Waals surface area contributed by atoms with Gasteiger partial charge in [0.05, 0.1) is 18.8 Å². The van der Waals surface area contributed by atoms with Crippen molar-refractivity contribution in [1.29, 1.82) is 0 Å². The maximum Gasteiger partial charge on any atom is 0.319 e. The van der Waals surface area contributed by atoms with Gasteiger partial charge < -0.3 is 25.6 Å². The van der Waals surface area contributed by atoms with Gasteiger partial charge in [0.25, 0.3) is 0 Å². The predicted octanol–water partition coefficient (Wildman–Crippen LogP) is 3.54. The topological polar surface area (TPSA) is 82.7 Å². The average Bonchev–Trinajstić information content (AvgIpc) is 2.67. The zero-order valence-electron chi connectivity index (χ0n) is 16.5. The molecular formula is C21H23ClN4O3. The molecule has 0 radical (unpaired) electrons. The number of carbonyl (C=O) groups is 2. The van der Waals surface area contributed by atoms with Crippen LogP contribution in [0.1, 0.15) is 11.6 Å². The Morgan fingerprint density at radius 1 is 1.21 bits per heavy atom. The molecule has 29 heavy (non-hydrogen) atoms. The summed E-state index contributed by atoms with van der Waals surface area (Å²) in [6, 6.07) is 11.6. The Bertz CT molecular complexity index is 943. The first-order valence-corrected chi connectivity index (χ1v) is 9.36. The second-order valence-electron chi connectivity index (χ2n) is 6.90. The van der Waals surface area contributed by atoms with Crippen molar-refractivity contribution in [3.63, 3.8) is 0 Å². The lowest BCUT2D eigenvalue weighted by Crippen LogP contribution is -2.51. The van der Waals surface area contributed by atoms with Gasteiger partial charge in [-0.1, -0.05) is 30.3 Å². The van der Waals surface area contributed by atoms with Crippen molar-refractivity contribution in [1.82, 2.24) is 10.6 Å². The van der Waals surface area contributed by atoms with Crippen LogP contribution in [0.4, 0.5) is 16.2 Å². The van der Waals surface area contributed by atoms with E-state index in [2.05, 4.69) is 22.5 Å². The molecule has 0 bridgehead atoms. The Morgan fingerprint density at radius 3 is 2.52 bits per heavy atom. The van der Waals surface area contributed by atoms with Gasteiger partial charge in [0.1, 0.15) is 11.7 Å². The minimum absolute atomic E-state index is 0.314. The molecule has 3 rings (SSSR count). The van der Waals surface area contributed by atoms with Gasteiger partial charge in [0.2, 0.25) is 5.91 Å². The van der Waals surface area contributed by atoms with Gasteiger partial charge >= 0.3 is 6.03 Å². The van der Waals surface area contributed by atoms with E-state index in [1.807, 2.05) is 43.3 Å². The molecule has 1 aliphatic heterocycles. The van der Waals surface area contributed by atoms with Crippen molar-refractivity contribution < 1.29 is 14.3 Å². The van der Waals surface area contributed by atoms with Gasteiger partial charge in [-0.2, -0.15) is 0 Å². The number of ether oxygens (including phenoxy) is 1. The Labute approximate surface area is 174 Å². The van der Waals surface area contributed by atoms with Crippen molar-refractivity contribution in [2.24, 2.45) is 5.92 Å². The molecule has 0 aliphatic carbocycles. The molecule has 2 atom stereocenters. The molecule has 0 saturated carbocycles. The van der Waals surface area contributed by atoms with Gasteiger partial charge in [0, 0.05) is 30.5 Å². The molecule has 0 spiro atoms.